The molecule has 146 valence electrons. The lowest BCUT2D eigenvalue weighted by Crippen LogP contribution is -2.50. The van der Waals surface area contributed by atoms with E-state index in [1.165, 1.54) is 12.1 Å². The summed E-state index contributed by atoms with van der Waals surface area (Å²) in [6, 6.07) is 3.47. The molecule has 1 atom stereocenters. The number of hydrogen-bond acceptors (Lipinski definition) is 5. The Hall–Kier alpha value is -2.62. The van der Waals surface area contributed by atoms with Crippen LogP contribution in [0.5, 0.6) is 0 Å². The van der Waals surface area contributed by atoms with Crippen molar-refractivity contribution < 1.29 is 22.8 Å². The maximum Gasteiger partial charge on any atom is 0.416 e. The van der Waals surface area contributed by atoms with Gasteiger partial charge in [0.05, 0.1) is 12.0 Å². The second-order valence-electron chi connectivity index (χ2n) is 6.58. The Labute approximate surface area is 154 Å². The fraction of sp³-hybridized carbons (Fsp3) is 0.471. The second-order valence-corrected chi connectivity index (χ2v) is 6.58. The maximum absolute atomic E-state index is 12.7. The van der Waals surface area contributed by atoms with Crippen molar-refractivity contribution in [2.75, 3.05) is 38.5 Å². The van der Waals surface area contributed by atoms with Crippen molar-refractivity contribution >= 4 is 23.5 Å². The van der Waals surface area contributed by atoms with Gasteiger partial charge in [-0.3, -0.25) is 14.9 Å². The Morgan fingerprint density at radius 1 is 1.30 bits per heavy atom. The molecule has 1 fully saturated rings. The molecule has 0 spiro atoms. The lowest BCUT2D eigenvalue weighted by molar-refractivity contribution is -0.137. The predicted molar refractivity (Wildman–Crippen MR) is 93.1 cm³/mol. The van der Waals surface area contributed by atoms with Gasteiger partial charge in [-0.25, -0.2) is 4.99 Å². The molecule has 1 saturated heterocycles. The van der Waals surface area contributed by atoms with E-state index in [0.717, 1.165) is 38.3 Å². The third kappa shape index (κ3) is 4.76. The lowest BCUT2D eigenvalue weighted by atomic mass is 10.1. The Morgan fingerprint density at radius 2 is 2.00 bits per heavy atom. The normalized spacial score (nSPS) is 21.0. The fourth-order valence-electron chi connectivity index (χ4n) is 2.91. The van der Waals surface area contributed by atoms with E-state index in [1.54, 1.807) is 0 Å². The molecule has 2 N–H and O–H groups in total. The number of nitrogens with one attached hydrogen (secondary N) is 2. The third-order valence-electron chi connectivity index (χ3n) is 4.47. The van der Waals surface area contributed by atoms with Crippen LogP contribution in [0.4, 0.5) is 18.9 Å². The van der Waals surface area contributed by atoms with Gasteiger partial charge in [0.2, 0.25) is 11.9 Å². The monoisotopic (exact) mass is 383 g/mol. The van der Waals surface area contributed by atoms with E-state index in [2.05, 4.69) is 20.5 Å². The van der Waals surface area contributed by atoms with E-state index in [0.29, 0.717) is 5.96 Å². The largest absolute Gasteiger partial charge is 0.416 e. The van der Waals surface area contributed by atoms with E-state index in [1.807, 2.05) is 11.9 Å². The molecule has 1 aromatic carbocycles. The minimum atomic E-state index is -4.49. The summed E-state index contributed by atoms with van der Waals surface area (Å²) >= 11 is 0. The molecule has 3 rings (SSSR count). The van der Waals surface area contributed by atoms with Gasteiger partial charge in [0.15, 0.2) is 0 Å². The smallest absolute Gasteiger partial charge is 0.340 e. The highest BCUT2D eigenvalue weighted by Crippen LogP contribution is 2.30. The molecule has 7 nitrogen and oxygen atoms in total. The van der Waals surface area contributed by atoms with E-state index in [9.17, 15) is 22.8 Å². The molecule has 0 bridgehead atoms. The van der Waals surface area contributed by atoms with E-state index >= 15 is 0 Å². The number of likely N-dealkylation sites (N-methyl/N-ethyl adjacent to an activating group) is 1. The van der Waals surface area contributed by atoms with E-state index in [4.69, 9.17) is 0 Å². The highest BCUT2D eigenvalue weighted by molar-refractivity contribution is 6.07. The number of anilines is 1. The van der Waals surface area contributed by atoms with E-state index < -0.39 is 23.7 Å². The average molecular weight is 383 g/mol. The van der Waals surface area contributed by atoms with Crippen LogP contribution >= 0.6 is 0 Å². The Kier molecular flexibility index (Phi) is 5.36. The molecule has 0 aromatic heterocycles. The van der Waals surface area contributed by atoms with E-state index in [-0.39, 0.29) is 18.0 Å². The van der Waals surface area contributed by atoms with Gasteiger partial charge >= 0.3 is 6.18 Å². The van der Waals surface area contributed by atoms with Crippen LogP contribution in [0.2, 0.25) is 0 Å². The topological polar surface area (TPSA) is 77.0 Å². The van der Waals surface area contributed by atoms with Crippen molar-refractivity contribution in [3.8, 4) is 0 Å². The minimum absolute atomic E-state index is 0.0245. The van der Waals surface area contributed by atoms with Crippen molar-refractivity contribution in [2.24, 2.45) is 4.99 Å². The molecule has 0 radical (unpaired) electrons. The number of carbonyl (C=O) groups excluding carboxylic acids is 2. The summed E-state index contributed by atoms with van der Waals surface area (Å²) in [6.45, 7) is 3.13. The van der Waals surface area contributed by atoms with Gasteiger partial charge in [0.1, 0.15) is 6.04 Å². The number of benzene rings is 1. The number of halogens is 3. The first kappa shape index (κ1) is 19.2. The molecule has 2 heterocycles. The Balaban J connectivity index is 1.60. The van der Waals surface area contributed by atoms with Gasteiger partial charge in [0.25, 0.3) is 5.91 Å². The summed E-state index contributed by atoms with van der Waals surface area (Å²) < 4.78 is 38.2. The predicted octanol–water partition coefficient (Wildman–Crippen LogP) is 1.14. The fourth-order valence-corrected chi connectivity index (χ4v) is 2.91. The molecule has 2 amide bonds. The first-order chi connectivity index (χ1) is 12.7. The molecule has 2 aliphatic heterocycles. The summed E-state index contributed by atoms with van der Waals surface area (Å²) in [6.07, 6.45) is -4.73. The van der Waals surface area contributed by atoms with Gasteiger partial charge in [-0.1, -0.05) is 6.07 Å². The summed E-state index contributed by atoms with van der Waals surface area (Å²) in [5.41, 5.74) is -0.828. The van der Waals surface area contributed by atoms with Gasteiger partial charge in [-0.2, -0.15) is 13.2 Å². The number of alkyl halides is 3. The minimum Gasteiger partial charge on any atom is -0.340 e. The summed E-state index contributed by atoms with van der Waals surface area (Å²) in [5, 5.41) is 5.07. The van der Waals surface area contributed by atoms with Crippen molar-refractivity contribution in [1.82, 2.24) is 15.1 Å². The summed E-state index contributed by atoms with van der Waals surface area (Å²) in [4.78, 5) is 32.6. The number of hydrogen-bond donors (Lipinski definition) is 2. The molecular formula is C17H20F3N5O2. The summed E-state index contributed by atoms with van der Waals surface area (Å²) in [5.74, 6) is -0.508. The molecular weight excluding hydrogens is 363 g/mol. The number of nitrogens with zero attached hydrogens (tertiary/aromatic N) is 3. The zero-order valence-electron chi connectivity index (χ0n) is 14.7. The van der Waals surface area contributed by atoms with Gasteiger partial charge in [0, 0.05) is 31.9 Å². The highest BCUT2D eigenvalue weighted by atomic mass is 19.4. The molecule has 1 aromatic rings. The van der Waals surface area contributed by atoms with Crippen LogP contribution in [-0.2, 0) is 15.8 Å². The Morgan fingerprint density at radius 3 is 2.67 bits per heavy atom. The third-order valence-corrected chi connectivity index (χ3v) is 4.47. The van der Waals surface area contributed by atoms with Crippen LogP contribution in [0, 0.1) is 0 Å². The molecule has 0 saturated carbocycles. The van der Waals surface area contributed by atoms with Gasteiger partial charge in [-0.05, 0) is 25.2 Å². The first-order valence-electron chi connectivity index (χ1n) is 8.51. The first-order valence-corrected chi connectivity index (χ1v) is 8.51. The zero-order chi connectivity index (χ0) is 19.6. The molecule has 27 heavy (non-hydrogen) atoms. The standard InChI is InChI=1S/C17H20F3N5O2/c1-24-5-7-25(8-6-24)16-22-13(15(27)23-16)10-14(26)21-12-4-2-3-11(9-12)17(18,19)20/h2-4,9,13H,5-8,10H2,1H3,(H,21,26)(H,22,23,27). The van der Waals surface area contributed by atoms with Crippen LogP contribution in [0.3, 0.4) is 0 Å². The maximum atomic E-state index is 12.7. The molecule has 10 heteroatoms. The number of aliphatic imine (C=N–C) groups is 1. The van der Waals surface area contributed by atoms with Crippen LogP contribution in [-0.4, -0.2) is 66.8 Å². The molecule has 0 aliphatic carbocycles. The lowest BCUT2D eigenvalue weighted by Gasteiger charge is -2.33. The summed E-state index contributed by atoms with van der Waals surface area (Å²) in [7, 11) is 2.01. The van der Waals surface area contributed by atoms with Crippen molar-refractivity contribution in [1.29, 1.82) is 0 Å². The van der Waals surface area contributed by atoms with Crippen LogP contribution < -0.4 is 10.6 Å². The molecule has 2 aliphatic rings. The Bertz CT molecular complexity index is 757. The number of amides is 2. The quantitative estimate of drug-likeness (QED) is 0.821. The number of piperazine rings is 1. The van der Waals surface area contributed by atoms with Crippen molar-refractivity contribution in [2.45, 2.75) is 18.6 Å². The zero-order valence-corrected chi connectivity index (χ0v) is 14.7. The van der Waals surface area contributed by atoms with Gasteiger partial charge < -0.3 is 15.1 Å². The van der Waals surface area contributed by atoms with Crippen LogP contribution in [0.25, 0.3) is 0 Å². The van der Waals surface area contributed by atoms with Crippen LogP contribution in [0.15, 0.2) is 29.3 Å². The number of carbonyl (C=O) groups is 2. The van der Waals surface area contributed by atoms with Crippen molar-refractivity contribution in [3.63, 3.8) is 0 Å². The SMILES string of the molecule is CN1CCN(C2=NC(CC(=O)Nc3cccc(C(F)(F)F)c3)C(=O)N2)CC1. The number of guanidine groups is 1. The highest BCUT2D eigenvalue weighted by Gasteiger charge is 2.33. The van der Waals surface area contributed by atoms with Crippen LogP contribution in [0.1, 0.15) is 12.0 Å². The van der Waals surface area contributed by atoms with Gasteiger partial charge in [-0.15, -0.1) is 0 Å². The number of rotatable bonds is 3. The second kappa shape index (κ2) is 7.55. The molecule has 1 unspecified atom stereocenters. The average Bonchev–Trinajstić information content (AvgIpc) is 2.95. The van der Waals surface area contributed by atoms with Crippen molar-refractivity contribution in [3.05, 3.63) is 29.8 Å².